The van der Waals surface area contributed by atoms with Crippen LogP contribution in [-0.2, 0) is 34.0 Å². The maximum atomic E-state index is 11.9. The first-order valence-electron chi connectivity index (χ1n) is 14.3. The molecule has 0 bridgehead atoms. The zero-order valence-corrected chi connectivity index (χ0v) is 25.4. The lowest BCUT2D eigenvalue weighted by atomic mass is 10.0. The molecule has 0 aliphatic carbocycles. The lowest BCUT2D eigenvalue weighted by Crippen LogP contribution is -2.40. The molecule has 0 radical (unpaired) electrons. The van der Waals surface area contributed by atoms with Gasteiger partial charge in [0.1, 0.15) is 5.75 Å². The summed E-state index contributed by atoms with van der Waals surface area (Å²) in [6, 6.07) is -0.526. The van der Waals surface area contributed by atoms with Crippen molar-refractivity contribution in [3.63, 3.8) is 0 Å². The van der Waals surface area contributed by atoms with Crippen LogP contribution < -0.4 is 10.2 Å². The number of carbonyl (C=O) groups is 1. The molecule has 0 spiro atoms. The average Bonchev–Trinajstić information content (AvgIpc) is 2.81. The molecule has 0 heterocycles. The van der Waals surface area contributed by atoms with E-state index in [0.29, 0.717) is 12.4 Å². The van der Waals surface area contributed by atoms with Crippen molar-refractivity contribution in [2.24, 2.45) is 0 Å². The van der Waals surface area contributed by atoms with E-state index in [1.54, 1.807) is 0 Å². The van der Waals surface area contributed by atoms with E-state index in [9.17, 15) is 14.3 Å². The summed E-state index contributed by atoms with van der Waals surface area (Å²) in [7, 11) is -4.28. The van der Waals surface area contributed by atoms with Crippen molar-refractivity contribution in [3.05, 3.63) is 0 Å². The molecule has 0 aromatic heterocycles. The van der Waals surface area contributed by atoms with Gasteiger partial charge in [0.25, 0.3) is 7.82 Å². The fraction of sp³-hybridized carbons (Fsp3) is 0.963. The van der Waals surface area contributed by atoms with Crippen LogP contribution in [0.4, 0.5) is 0 Å². The van der Waals surface area contributed by atoms with E-state index in [0.717, 1.165) is 12.8 Å². The topological polar surface area (TPSA) is 96.9 Å². The second-order valence-electron chi connectivity index (χ2n) is 10.0. The summed E-state index contributed by atoms with van der Waals surface area (Å²) in [6.45, 7) is 4.38. The molecule has 0 aromatic rings. The number of unbranched alkanes of at least 4 members (excludes halogenated alkanes) is 15. The van der Waals surface area contributed by atoms with Gasteiger partial charge in [-0.2, -0.15) is 0 Å². The van der Waals surface area contributed by atoms with Crippen molar-refractivity contribution in [1.82, 2.24) is 5.32 Å². The normalized spacial score (nSPS) is 14.2. The van der Waals surface area contributed by atoms with E-state index in [2.05, 4.69) is 12.2 Å². The monoisotopic (exact) mass is 553 g/mol. The predicted octanol–water partition coefficient (Wildman–Crippen LogP) is 6.15. The third kappa shape index (κ3) is 26.9. The molecule has 216 valence electrons. The zero-order chi connectivity index (χ0) is 26.9. The summed E-state index contributed by atoms with van der Waals surface area (Å²) >= 11 is 0. The largest absolute Gasteiger partial charge is 0.756 e. The van der Waals surface area contributed by atoms with Gasteiger partial charge in [0.05, 0.1) is 38.4 Å². The van der Waals surface area contributed by atoms with Crippen LogP contribution >= 0.6 is 7.82 Å². The number of nitrogens with one attached hydrogen (secondary N) is 1. The minimum atomic E-state index is -4.38. The molecule has 1 N–H and O–H groups in total. The van der Waals surface area contributed by atoms with Gasteiger partial charge in [-0.3, -0.25) is 9.36 Å². The lowest BCUT2D eigenvalue weighted by Gasteiger charge is -2.25. The summed E-state index contributed by atoms with van der Waals surface area (Å²) in [5.41, 5.74) is 0. The Hall–Kier alpha value is -0.110. The summed E-state index contributed by atoms with van der Waals surface area (Å²) in [4.78, 5) is 23.3. The van der Waals surface area contributed by atoms with Crippen molar-refractivity contribution in [2.45, 2.75) is 123 Å². The van der Waals surface area contributed by atoms with Crippen molar-refractivity contribution in [1.29, 1.82) is 0 Å². The number of hydrogen-bond acceptors (Lipinski definition) is 6. The SMILES string of the molecule is CCCCCCCCCCCCCCCCCCOC[C@H](COP(=O)([O-])OCC[S+](C)C)NC(C)=O. The van der Waals surface area contributed by atoms with Crippen LogP contribution in [0.5, 0.6) is 0 Å². The second-order valence-corrected chi connectivity index (χ2v) is 13.8. The van der Waals surface area contributed by atoms with E-state index in [1.165, 1.54) is 96.8 Å². The van der Waals surface area contributed by atoms with Crippen LogP contribution in [0.25, 0.3) is 0 Å². The summed E-state index contributed by atoms with van der Waals surface area (Å²) < 4.78 is 27.4. The highest BCUT2D eigenvalue weighted by molar-refractivity contribution is 7.95. The summed E-state index contributed by atoms with van der Waals surface area (Å²) in [6.07, 6.45) is 25.2. The molecule has 0 aliphatic heterocycles. The van der Waals surface area contributed by atoms with Crippen LogP contribution in [0.2, 0.25) is 0 Å². The fourth-order valence-corrected chi connectivity index (χ4v) is 5.22. The zero-order valence-electron chi connectivity index (χ0n) is 23.7. The molecule has 0 rings (SSSR count). The number of amides is 1. The van der Waals surface area contributed by atoms with Crippen molar-refractivity contribution in [3.8, 4) is 0 Å². The molecule has 2 atom stereocenters. The number of phosphoric ester groups is 1. The van der Waals surface area contributed by atoms with Gasteiger partial charge in [0, 0.05) is 13.5 Å². The number of carbonyl (C=O) groups excluding carboxylic acids is 1. The minimum Gasteiger partial charge on any atom is -0.756 e. The van der Waals surface area contributed by atoms with Crippen LogP contribution in [-0.4, -0.2) is 56.6 Å². The lowest BCUT2D eigenvalue weighted by molar-refractivity contribution is -0.225. The molecule has 9 heteroatoms. The Labute approximate surface area is 225 Å². The Balaban J connectivity index is 3.65. The number of hydrogen-bond donors (Lipinski definition) is 1. The fourth-order valence-electron chi connectivity index (χ4n) is 3.93. The Morgan fingerprint density at radius 1 is 0.778 bits per heavy atom. The average molecular weight is 554 g/mol. The number of rotatable bonds is 27. The Kier molecular flexibility index (Phi) is 25.1. The molecule has 0 aromatic carbocycles. The van der Waals surface area contributed by atoms with Gasteiger partial charge in [-0.1, -0.05) is 103 Å². The van der Waals surface area contributed by atoms with E-state index in [-0.39, 0.29) is 36.6 Å². The van der Waals surface area contributed by atoms with E-state index >= 15 is 0 Å². The Morgan fingerprint density at radius 3 is 1.69 bits per heavy atom. The van der Waals surface area contributed by atoms with Gasteiger partial charge in [-0.05, 0) is 17.3 Å². The summed E-state index contributed by atoms with van der Waals surface area (Å²) in [5.74, 6) is 0.407. The highest BCUT2D eigenvalue weighted by atomic mass is 32.2. The smallest absolute Gasteiger partial charge is 0.268 e. The van der Waals surface area contributed by atoms with E-state index in [4.69, 9.17) is 13.8 Å². The van der Waals surface area contributed by atoms with Gasteiger partial charge in [-0.25, -0.2) is 0 Å². The number of ether oxygens (including phenoxy) is 1. The summed E-state index contributed by atoms with van der Waals surface area (Å²) in [5, 5.41) is 2.68. The molecule has 7 nitrogen and oxygen atoms in total. The maximum Gasteiger partial charge on any atom is 0.268 e. The first-order chi connectivity index (χ1) is 17.3. The molecule has 0 saturated carbocycles. The molecular formula is C27H56NO6PS. The van der Waals surface area contributed by atoms with E-state index < -0.39 is 13.9 Å². The quantitative estimate of drug-likeness (QED) is 0.0745. The maximum absolute atomic E-state index is 11.9. The Morgan fingerprint density at radius 2 is 1.25 bits per heavy atom. The predicted molar refractivity (Wildman–Crippen MR) is 152 cm³/mol. The molecule has 1 unspecified atom stereocenters. The minimum absolute atomic E-state index is 0.0977. The van der Waals surface area contributed by atoms with Crippen molar-refractivity contribution >= 4 is 24.6 Å². The molecule has 36 heavy (non-hydrogen) atoms. The van der Waals surface area contributed by atoms with Gasteiger partial charge < -0.3 is 24.0 Å². The third-order valence-electron chi connectivity index (χ3n) is 6.04. The van der Waals surface area contributed by atoms with Crippen LogP contribution in [0.15, 0.2) is 0 Å². The third-order valence-corrected chi connectivity index (χ3v) is 7.99. The van der Waals surface area contributed by atoms with Gasteiger partial charge in [-0.15, -0.1) is 0 Å². The highest BCUT2D eigenvalue weighted by Crippen LogP contribution is 2.38. The molecule has 1 amide bonds. The van der Waals surface area contributed by atoms with Gasteiger partial charge in [0.2, 0.25) is 5.91 Å². The van der Waals surface area contributed by atoms with Gasteiger partial charge >= 0.3 is 0 Å². The first kappa shape index (κ1) is 35.9. The second kappa shape index (κ2) is 25.2. The first-order valence-corrected chi connectivity index (χ1v) is 17.9. The van der Waals surface area contributed by atoms with Gasteiger partial charge in [0.15, 0.2) is 0 Å². The molecule has 0 aliphatic rings. The number of phosphoric acid groups is 1. The molecule has 0 saturated heterocycles. The van der Waals surface area contributed by atoms with Crippen LogP contribution in [0.3, 0.4) is 0 Å². The van der Waals surface area contributed by atoms with E-state index in [1.807, 2.05) is 12.5 Å². The Bertz CT molecular complexity index is 552. The van der Waals surface area contributed by atoms with Crippen LogP contribution in [0, 0.1) is 0 Å². The highest BCUT2D eigenvalue weighted by Gasteiger charge is 2.17. The molecular weight excluding hydrogens is 497 g/mol. The molecule has 0 fully saturated rings. The van der Waals surface area contributed by atoms with Crippen molar-refractivity contribution in [2.75, 3.05) is 44.7 Å². The van der Waals surface area contributed by atoms with Crippen molar-refractivity contribution < 1.29 is 28.0 Å². The standard InChI is InChI=1S/C27H56NO6PS/c1-5-6-7-8-9-10-11-12-13-14-15-16-17-18-19-20-21-32-24-27(28-26(2)29)25-34-35(30,31)33-22-23-36(3)4/h27H,5-25H2,1-4H3,(H-,28,29,30,31)/t27-/m1/s1. The van der Waals surface area contributed by atoms with Crippen LogP contribution in [0.1, 0.15) is 117 Å².